The van der Waals surface area contributed by atoms with E-state index >= 15 is 0 Å². The quantitative estimate of drug-likeness (QED) is 0.367. The van der Waals surface area contributed by atoms with E-state index in [1.807, 2.05) is 44.2 Å². The molecule has 4 heteroatoms. The summed E-state index contributed by atoms with van der Waals surface area (Å²) in [5, 5.41) is 0. The van der Waals surface area contributed by atoms with Crippen LogP contribution in [-0.2, 0) is 16.0 Å². The van der Waals surface area contributed by atoms with Crippen LogP contribution in [0.25, 0.3) is 11.1 Å². The fourth-order valence-electron chi connectivity index (χ4n) is 5.32. The summed E-state index contributed by atoms with van der Waals surface area (Å²) in [6, 6.07) is 19.7. The first-order chi connectivity index (χ1) is 16.4. The Hall–Kier alpha value is -3.14. The summed E-state index contributed by atoms with van der Waals surface area (Å²) in [5.74, 6) is 1.06. The summed E-state index contributed by atoms with van der Waals surface area (Å²) in [5.41, 5.74) is 5.98. The number of rotatable bonds is 6. The van der Waals surface area contributed by atoms with Crippen molar-refractivity contribution >= 4 is 5.97 Å². The van der Waals surface area contributed by atoms with Gasteiger partial charge in [-0.3, -0.25) is 4.79 Å². The minimum atomic E-state index is -0.208. The standard InChI is InChI=1S/C30H31FO3/c1-18-4-14-26(31)25(16-18)20-5-7-21(8-6-20)27-15-13-22-9-12-24(17-28(22)34-27)29(23-10-11-23)19(2)30(32)33-3/h4-9,12,14,16-17,19,23,27,29H,10-11,13,15H2,1-3H3/t19-,27-,29-/m0/s1. The van der Waals surface area contributed by atoms with Crippen molar-refractivity contribution in [3.8, 4) is 16.9 Å². The summed E-state index contributed by atoms with van der Waals surface area (Å²) < 4.78 is 25.8. The Bertz CT molecular complexity index is 1200. The molecule has 0 amide bonds. The van der Waals surface area contributed by atoms with E-state index in [-0.39, 0.29) is 29.7 Å². The average Bonchev–Trinajstić information content (AvgIpc) is 3.70. The largest absolute Gasteiger partial charge is 0.485 e. The molecule has 1 heterocycles. The lowest BCUT2D eigenvalue weighted by Gasteiger charge is -2.29. The maximum atomic E-state index is 14.3. The van der Waals surface area contributed by atoms with E-state index in [0.29, 0.717) is 11.5 Å². The number of hydrogen-bond donors (Lipinski definition) is 0. The Balaban J connectivity index is 1.37. The zero-order valence-corrected chi connectivity index (χ0v) is 20.0. The van der Waals surface area contributed by atoms with Crippen molar-refractivity contribution in [3.63, 3.8) is 0 Å². The van der Waals surface area contributed by atoms with E-state index in [0.717, 1.165) is 53.7 Å². The van der Waals surface area contributed by atoms with Gasteiger partial charge in [0.1, 0.15) is 17.7 Å². The summed E-state index contributed by atoms with van der Waals surface area (Å²) in [7, 11) is 1.46. The molecular weight excluding hydrogens is 427 g/mol. The maximum Gasteiger partial charge on any atom is 0.309 e. The van der Waals surface area contributed by atoms with Gasteiger partial charge in [-0.15, -0.1) is 0 Å². The van der Waals surface area contributed by atoms with Gasteiger partial charge in [-0.1, -0.05) is 55.0 Å². The fraction of sp³-hybridized carbons (Fsp3) is 0.367. The van der Waals surface area contributed by atoms with E-state index in [4.69, 9.17) is 9.47 Å². The number of carbonyl (C=O) groups excluding carboxylic acids is 1. The number of aryl methyl sites for hydroxylation is 2. The first-order valence-electron chi connectivity index (χ1n) is 12.2. The first kappa shape index (κ1) is 22.6. The number of halogens is 1. The first-order valence-corrected chi connectivity index (χ1v) is 12.2. The fourth-order valence-corrected chi connectivity index (χ4v) is 5.32. The molecule has 1 aliphatic carbocycles. The number of fused-ring (bicyclic) bond motifs is 1. The molecule has 34 heavy (non-hydrogen) atoms. The van der Waals surface area contributed by atoms with E-state index in [1.165, 1.54) is 18.7 Å². The van der Waals surface area contributed by atoms with Crippen LogP contribution in [0.4, 0.5) is 4.39 Å². The lowest BCUT2D eigenvalue weighted by Crippen LogP contribution is -2.23. The SMILES string of the molecule is COC(=O)[C@@H](C)[C@H](c1ccc2c(c1)O[C@H](c1ccc(-c3cc(C)ccc3F)cc1)CC2)C1CC1. The molecule has 1 fully saturated rings. The van der Waals surface area contributed by atoms with Crippen molar-refractivity contribution < 1.29 is 18.7 Å². The highest BCUT2D eigenvalue weighted by atomic mass is 19.1. The Morgan fingerprint density at radius 1 is 1.03 bits per heavy atom. The van der Waals surface area contributed by atoms with Crippen LogP contribution in [0.3, 0.4) is 0 Å². The van der Waals surface area contributed by atoms with Crippen molar-refractivity contribution in [2.75, 3.05) is 7.11 Å². The van der Waals surface area contributed by atoms with Gasteiger partial charge in [0.25, 0.3) is 0 Å². The van der Waals surface area contributed by atoms with Gasteiger partial charge in [0, 0.05) is 5.56 Å². The van der Waals surface area contributed by atoms with Gasteiger partial charge in [-0.05, 0) is 84.9 Å². The van der Waals surface area contributed by atoms with Gasteiger partial charge in [-0.25, -0.2) is 4.39 Å². The van der Waals surface area contributed by atoms with Crippen LogP contribution in [0.5, 0.6) is 5.75 Å². The zero-order valence-electron chi connectivity index (χ0n) is 20.0. The number of esters is 1. The van der Waals surface area contributed by atoms with Crippen LogP contribution in [0.15, 0.2) is 60.7 Å². The second-order valence-corrected chi connectivity index (χ2v) is 9.79. The van der Waals surface area contributed by atoms with Crippen LogP contribution in [0, 0.1) is 24.6 Å². The molecule has 3 atom stereocenters. The maximum absolute atomic E-state index is 14.3. The Kier molecular flexibility index (Phi) is 6.16. The molecule has 1 saturated carbocycles. The summed E-state index contributed by atoms with van der Waals surface area (Å²) in [4.78, 5) is 12.3. The van der Waals surface area contributed by atoms with Gasteiger partial charge < -0.3 is 9.47 Å². The van der Waals surface area contributed by atoms with Crippen molar-refractivity contribution in [2.45, 2.75) is 51.6 Å². The van der Waals surface area contributed by atoms with E-state index in [1.54, 1.807) is 6.07 Å². The smallest absolute Gasteiger partial charge is 0.309 e. The van der Waals surface area contributed by atoms with Gasteiger partial charge >= 0.3 is 5.97 Å². The third-order valence-electron chi connectivity index (χ3n) is 7.38. The van der Waals surface area contributed by atoms with E-state index < -0.39 is 0 Å². The topological polar surface area (TPSA) is 35.5 Å². The highest BCUT2D eigenvalue weighted by Crippen LogP contribution is 2.48. The van der Waals surface area contributed by atoms with Gasteiger partial charge in [0.05, 0.1) is 13.0 Å². The Morgan fingerprint density at radius 3 is 2.50 bits per heavy atom. The predicted molar refractivity (Wildman–Crippen MR) is 131 cm³/mol. The molecule has 0 unspecified atom stereocenters. The molecule has 1 aliphatic heterocycles. The monoisotopic (exact) mass is 458 g/mol. The lowest BCUT2D eigenvalue weighted by atomic mass is 9.82. The zero-order chi connectivity index (χ0) is 23.8. The molecule has 176 valence electrons. The van der Waals surface area contributed by atoms with Crippen LogP contribution in [0.1, 0.15) is 60.5 Å². The van der Waals surface area contributed by atoms with Crippen molar-refractivity contribution in [1.29, 1.82) is 0 Å². The molecule has 3 aromatic rings. The van der Waals surface area contributed by atoms with Crippen molar-refractivity contribution in [1.82, 2.24) is 0 Å². The summed E-state index contributed by atoms with van der Waals surface area (Å²) >= 11 is 0. The molecular formula is C30H31FO3. The molecule has 0 N–H and O–H groups in total. The Labute approximate surface area is 200 Å². The number of ether oxygens (including phenoxy) is 2. The molecule has 0 bridgehead atoms. The molecule has 3 aromatic carbocycles. The molecule has 0 aromatic heterocycles. The predicted octanol–water partition coefficient (Wildman–Crippen LogP) is 7.17. The average molecular weight is 459 g/mol. The molecule has 2 aliphatic rings. The van der Waals surface area contributed by atoms with Crippen molar-refractivity contribution in [3.05, 3.63) is 88.7 Å². The van der Waals surface area contributed by atoms with Crippen LogP contribution in [-0.4, -0.2) is 13.1 Å². The summed E-state index contributed by atoms with van der Waals surface area (Å²) in [6.07, 6.45) is 4.10. The van der Waals surface area contributed by atoms with Crippen LogP contribution in [0.2, 0.25) is 0 Å². The van der Waals surface area contributed by atoms with E-state index in [2.05, 4.69) is 18.2 Å². The third kappa shape index (κ3) is 4.46. The number of benzene rings is 3. The molecule has 0 radical (unpaired) electrons. The lowest BCUT2D eigenvalue weighted by molar-refractivity contribution is -0.145. The number of methoxy groups -OCH3 is 1. The van der Waals surface area contributed by atoms with Crippen LogP contribution >= 0.6 is 0 Å². The Morgan fingerprint density at radius 2 is 1.79 bits per heavy atom. The molecule has 5 rings (SSSR count). The molecule has 3 nitrogen and oxygen atoms in total. The van der Waals surface area contributed by atoms with Gasteiger partial charge in [0.15, 0.2) is 0 Å². The summed E-state index contributed by atoms with van der Waals surface area (Å²) in [6.45, 7) is 3.94. The minimum Gasteiger partial charge on any atom is -0.485 e. The minimum absolute atomic E-state index is 0.0449. The normalized spacial score (nSPS) is 19.0. The third-order valence-corrected chi connectivity index (χ3v) is 7.38. The highest BCUT2D eigenvalue weighted by Gasteiger charge is 2.39. The van der Waals surface area contributed by atoms with Crippen molar-refractivity contribution in [2.24, 2.45) is 11.8 Å². The van der Waals surface area contributed by atoms with E-state index in [9.17, 15) is 9.18 Å². The molecule has 0 saturated heterocycles. The van der Waals surface area contributed by atoms with Crippen LogP contribution < -0.4 is 4.74 Å². The number of hydrogen-bond acceptors (Lipinski definition) is 3. The van der Waals surface area contributed by atoms with Gasteiger partial charge in [-0.2, -0.15) is 0 Å². The highest BCUT2D eigenvalue weighted by molar-refractivity contribution is 5.73. The number of carbonyl (C=O) groups is 1. The molecule has 0 spiro atoms. The van der Waals surface area contributed by atoms with Gasteiger partial charge in [0.2, 0.25) is 0 Å². The second-order valence-electron chi connectivity index (χ2n) is 9.79. The second kappa shape index (κ2) is 9.25.